The van der Waals surface area contributed by atoms with E-state index in [0.717, 1.165) is 12.0 Å². The summed E-state index contributed by atoms with van der Waals surface area (Å²) in [6.45, 7) is 14.4. The summed E-state index contributed by atoms with van der Waals surface area (Å²) in [6.07, 6.45) is 6.99. The van der Waals surface area contributed by atoms with Gasteiger partial charge >= 0.3 is 23.5 Å². The Morgan fingerprint density at radius 2 is 1.26 bits per heavy atom. The smallest absolute Gasteiger partial charge is 0.313 e. The normalized spacial score (nSPS) is 22.7. The molecule has 3 saturated heterocycles. The van der Waals surface area contributed by atoms with Crippen LogP contribution in [0, 0.1) is 5.92 Å². The average molecular weight is 575 g/mol. The molecule has 3 rings (SSSR count). The quantitative estimate of drug-likeness (QED) is 0.160. The Morgan fingerprint density at radius 1 is 0.857 bits per heavy atom. The van der Waals surface area contributed by atoms with Crippen LogP contribution in [0.5, 0.6) is 0 Å². The molecule has 214 valence electrons. The van der Waals surface area contributed by atoms with Crippen LogP contribution in [-0.2, 0) is 13.7 Å². The maximum absolute atomic E-state index is 8.88. The first-order valence-corrected chi connectivity index (χ1v) is 16.0. The molecule has 18 heteroatoms. The van der Waals surface area contributed by atoms with Crippen molar-refractivity contribution >= 4 is 23.5 Å². The van der Waals surface area contributed by atoms with Crippen LogP contribution < -0.4 is 5.32 Å². The molecule has 3 aliphatic rings. The third-order valence-electron chi connectivity index (χ3n) is 5.48. The minimum atomic E-state index is -4.64. The monoisotopic (exact) mass is 575 g/mol. The number of piperidine rings is 3. The zero-order valence-corrected chi connectivity index (χ0v) is 23.2. The van der Waals surface area contributed by atoms with Gasteiger partial charge in [-0.25, -0.2) is 13.7 Å². The lowest BCUT2D eigenvalue weighted by Crippen LogP contribution is -2.53. The van der Waals surface area contributed by atoms with E-state index in [0.29, 0.717) is 6.04 Å². The van der Waals surface area contributed by atoms with Gasteiger partial charge in [0.05, 0.1) is 0 Å². The summed E-state index contributed by atoms with van der Waals surface area (Å²) < 4.78 is 26.6. The first kappa shape index (κ1) is 37.4. The van der Waals surface area contributed by atoms with E-state index in [-0.39, 0.29) is 0 Å². The number of hydrogen-bond donors (Lipinski definition) is 10. The second-order valence-electron chi connectivity index (χ2n) is 8.39. The molecule has 0 saturated carbocycles. The first-order chi connectivity index (χ1) is 15.7. The van der Waals surface area contributed by atoms with Gasteiger partial charge in [-0.2, -0.15) is 0 Å². The minimum absolute atomic E-state index is 0.673. The summed E-state index contributed by atoms with van der Waals surface area (Å²) in [5, 5.41) is 3.79. The van der Waals surface area contributed by atoms with E-state index in [9.17, 15) is 0 Å². The maximum atomic E-state index is 8.88. The molecule has 3 aliphatic heterocycles. The summed E-state index contributed by atoms with van der Waals surface area (Å²) in [5.74, 6) is 1.03. The van der Waals surface area contributed by atoms with Crippen LogP contribution in [0.25, 0.3) is 0 Å². The van der Waals surface area contributed by atoms with Crippen molar-refractivity contribution in [2.24, 2.45) is 5.92 Å². The maximum Gasteiger partial charge on any atom is 0.466 e. The molecule has 10 N–H and O–H groups in total. The highest BCUT2D eigenvalue weighted by molar-refractivity contribution is 7.45. The van der Waals surface area contributed by atoms with Crippen molar-refractivity contribution < 1.29 is 57.7 Å². The first-order valence-electron chi connectivity index (χ1n) is 11.3. The fraction of sp³-hybridized carbons (Fsp3) is 1.00. The van der Waals surface area contributed by atoms with Crippen molar-refractivity contribution in [3.05, 3.63) is 0 Å². The van der Waals surface area contributed by atoms with Crippen LogP contribution in [0.1, 0.15) is 52.9 Å². The number of nitrogens with zero attached hydrogens (tertiary/aromatic N) is 2. The highest BCUT2D eigenvalue weighted by Gasteiger charge is 2.33. The van der Waals surface area contributed by atoms with Gasteiger partial charge in [0.25, 0.3) is 0 Å². The van der Waals surface area contributed by atoms with E-state index in [1.165, 1.54) is 71.4 Å². The zero-order chi connectivity index (χ0) is 27.9. The highest BCUT2D eigenvalue weighted by Crippen LogP contribution is 2.31. The Balaban J connectivity index is 0. The Bertz CT molecular complexity index is 602. The molecule has 0 aromatic rings. The molecule has 2 bridgehead atoms. The summed E-state index contributed by atoms with van der Waals surface area (Å²) in [4.78, 5) is 69.9. The number of phosphoric acid groups is 3. The summed E-state index contributed by atoms with van der Waals surface area (Å²) in [7, 11) is -13.9. The molecular formula is C17H44N3O12P3. The van der Waals surface area contributed by atoms with Crippen LogP contribution in [-0.4, -0.2) is 105 Å². The average Bonchev–Trinajstić information content (AvgIpc) is 2.67. The lowest BCUT2D eigenvalue weighted by atomic mass is 9.83. The predicted octanol–water partition coefficient (Wildman–Crippen LogP) is -0.215. The van der Waals surface area contributed by atoms with Crippen LogP contribution in [0.3, 0.4) is 0 Å². The summed E-state index contributed by atoms with van der Waals surface area (Å²) in [5.41, 5.74) is 0. The number of nitrogens with one attached hydrogen (secondary N) is 1. The van der Waals surface area contributed by atoms with Gasteiger partial charge in [-0.3, -0.25) is 4.90 Å². The predicted molar refractivity (Wildman–Crippen MR) is 130 cm³/mol. The van der Waals surface area contributed by atoms with Crippen molar-refractivity contribution in [2.75, 3.05) is 39.3 Å². The van der Waals surface area contributed by atoms with Crippen LogP contribution >= 0.6 is 23.5 Å². The fourth-order valence-electron chi connectivity index (χ4n) is 3.90. The van der Waals surface area contributed by atoms with Gasteiger partial charge in [0.2, 0.25) is 0 Å². The van der Waals surface area contributed by atoms with Crippen molar-refractivity contribution in [2.45, 2.75) is 65.0 Å². The van der Waals surface area contributed by atoms with Gasteiger partial charge in [0.15, 0.2) is 0 Å². The second kappa shape index (κ2) is 18.5. The Labute approximate surface area is 206 Å². The molecule has 0 aromatic carbocycles. The van der Waals surface area contributed by atoms with Crippen LogP contribution in [0.15, 0.2) is 0 Å². The molecule has 0 spiro atoms. The molecule has 35 heavy (non-hydrogen) atoms. The highest BCUT2D eigenvalue weighted by atomic mass is 31.2. The van der Waals surface area contributed by atoms with Gasteiger partial charge < -0.3 is 54.3 Å². The summed E-state index contributed by atoms with van der Waals surface area (Å²) in [6, 6.07) is 1.50. The van der Waals surface area contributed by atoms with E-state index in [1.54, 1.807) is 0 Å². The molecule has 3 fully saturated rings. The third kappa shape index (κ3) is 32.2. The largest absolute Gasteiger partial charge is 0.466 e. The molecule has 3 heterocycles. The van der Waals surface area contributed by atoms with E-state index in [2.05, 4.69) is 35.9 Å². The van der Waals surface area contributed by atoms with Crippen molar-refractivity contribution in [1.29, 1.82) is 0 Å². The summed E-state index contributed by atoms with van der Waals surface area (Å²) >= 11 is 0. The lowest BCUT2D eigenvalue weighted by Gasteiger charge is -2.45. The molecule has 0 aliphatic carbocycles. The van der Waals surface area contributed by atoms with Gasteiger partial charge in [-0.15, -0.1) is 0 Å². The standard InChI is InChI=1S/C17H35N3.3H3O4P/c1-4-19(5-2)10-6-7-15(3)18-14-17-13-16-8-11-20(17)12-9-16;3*1-5(2,3)4/h15-18H,4-14H2,1-3H3;3*(H3,1,2,3,4). The van der Waals surface area contributed by atoms with E-state index >= 15 is 0 Å². The minimum Gasteiger partial charge on any atom is -0.313 e. The van der Waals surface area contributed by atoms with E-state index in [4.69, 9.17) is 57.7 Å². The fourth-order valence-corrected chi connectivity index (χ4v) is 3.90. The topological polar surface area (TPSA) is 252 Å². The van der Waals surface area contributed by atoms with Gasteiger partial charge in [0, 0.05) is 18.6 Å². The Hall–Kier alpha value is 0.210. The van der Waals surface area contributed by atoms with Crippen LogP contribution in [0.2, 0.25) is 0 Å². The van der Waals surface area contributed by atoms with Gasteiger partial charge in [-0.05, 0) is 77.7 Å². The molecule has 2 unspecified atom stereocenters. The van der Waals surface area contributed by atoms with Gasteiger partial charge in [0.1, 0.15) is 0 Å². The molecule has 2 atom stereocenters. The number of hydrogen-bond acceptors (Lipinski definition) is 6. The number of rotatable bonds is 9. The molecular weight excluding hydrogens is 531 g/mol. The Morgan fingerprint density at radius 3 is 1.57 bits per heavy atom. The molecule has 0 amide bonds. The molecule has 0 radical (unpaired) electrons. The second-order valence-corrected chi connectivity index (χ2v) is 11.5. The zero-order valence-electron chi connectivity index (χ0n) is 20.5. The SMILES string of the molecule is CCN(CC)CCCC(C)NCC1CC2CCN1CC2.O=P(O)(O)O.O=P(O)(O)O.O=P(O)(O)O. The lowest BCUT2D eigenvalue weighted by molar-refractivity contribution is 0.0482. The molecule has 0 aromatic heterocycles. The van der Waals surface area contributed by atoms with Crippen molar-refractivity contribution in [1.82, 2.24) is 15.1 Å². The van der Waals surface area contributed by atoms with Crippen molar-refractivity contribution in [3.8, 4) is 0 Å². The van der Waals surface area contributed by atoms with E-state index < -0.39 is 23.5 Å². The molecule has 15 nitrogen and oxygen atoms in total. The van der Waals surface area contributed by atoms with E-state index in [1.807, 2.05) is 0 Å². The third-order valence-corrected chi connectivity index (χ3v) is 5.48. The van der Waals surface area contributed by atoms with Crippen molar-refractivity contribution in [3.63, 3.8) is 0 Å². The number of fused-ring (bicyclic) bond motifs is 3. The van der Waals surface area contributed by atoms with Crippen LogP contribution in [0.4, 0.5) is 0 Å². The Kier molecular flexibility index (Phi) is 19.7. The van der Waals surface area contributed by atoms with Gasteiger partial charge in [-0.1, -0.05) is 13.8 Å².